The van der Waals surface area contributed by atoms with Gasteiger partial charge in [0.1, 0.15) is 0 Å². The van der Waals surface area contributed by atoms with Gasteiger partial charge in [0.25, 0.3) is 0 Å². The van der Waals surface area contributed by atoms with Crippen molar-refractivity contribution in [1.82, 2.24) is 0 Å². The molecule has 0 radical (unpaired) electrons. The van der Waals surface area contributed by atoms with Gasteiger partial charge in [-0.3, -0.25) is 0 Å². The summed E-state index contributed by atoms with van der Waals surface area (Å²) < 4.78 is 0. The van der Waals surface area contributed by atoms with E-state index < -0.39 is 0 Å². The molecule has 0 spiro atoms. The molecule has 32 valence electrons. The minimum atomic E-state index is 0.0625. The van der Waals surface area contributed by atoms with Crippen LogP contribution in [0.4, 0.5) is 0 Å². The van der Waals surface area contributed by atoms with Crippen LogP contribution in [-0.2, 0) is 0 Å². The van der Waals surface area contributed by atoms with E-state index in [1.807, 2.05) is 0 Å². The molecule has 0 aliphatic rings. The molecule has 0 aromatic heterocycles. The van der Waals surface area contributed by atoms with E-state index in [0.717, 1.165) is 0 Å². The van der Waals surface area contributed by atoms with E-state index >= 15 is 0 Å². The fraction of sp³-hybridized carbons (Fsp3) is 0. The van der Waals surface area contributed by atoms with E-state index in [4.69, 9.17) is 5.11 Å². The number of hydrogen-bond acceptors (Lipinski definition) is 2. The van der Waals surface area contributed by atoms with Crippen LogP contribution in [0.15, 0.2) is 0 Å². The summed E-state index contributed by atoms with van der Waals surface area (Å²) in [5, 5.41) is 9.17. The molecule has 0 aromatic carbocycles. The average molecular weight is 222 g/mol. The van der Waals surface area contributed by atoms with Crippen molar-refractivity contribution in [1.29, 1.82) is 0 Å². The number of hydrogen-bond donors (Lipinski definition) is 1. The predicted molar refractivity (Wildman–Crippen MR) is 29.9 cm³/mol. The Labute approximate surface area is 47.2 Å². The van der Waals surface area contributed by atoms with Crippen molar-refractivity contribution in [2.75, 3.05) is 0 Å². The molecule has 0 unspecified atom stereocenters. The maximum absolute atomic E-state index is 7.95. The molecule has 0 atom stereocenters. The Balaban J connectivity index is 2.62. The first-order valence-corrected chi connectivity index (χ1v) is 7.29. The van der Waals surface area contributed by atoms with E-state index in [-0.39, 0.29) is 13.4 Å². The van der Waals surface area contributed by atoms with Crippen molar-refractivity contribution in [2.45, 2.75) is 0 Å². The van der Waals surface area contributed by atoms with Crippen molar-refractivity contribution < 1.29 is 5.11 Å². The summed E-state index contributed by atoms with van der Waals surface area (Å²) >= 11 is 2.41. The summed E-state index contributed by atoms with van der Waals surface area (Å²) in [4.78, 5) is 0. The monoisotopic (exact) mass is 224 g/mol. The number of aliphatic hydroxyl groups is 1. The van der Waals surface area contributed by atoms with Gasteiger partial charge in [0, 0.05) is 0 Å². The molecule has 1 nitrogen and oxygen atoms in total. The Hall–Kier alpha value is 1.22. The fourth-order valence-corrected chi connectivity index (χ4v) is 1.71. The first kappa shape index (κ1) is 6.22. The Kier molecular flexibility index (Phi) is 6.49. The van der Waals surface area contributed by atoms with E-state index in [2.05, 4.69) is 14.9 Å². The zero-order chi connectivity index (χ0) is 4.12. The molecule has 0 amide bonds. The standard InChI is InChI=1S/CH4OSSe2/c2-1-5-3-4/h1-2,4-5H. The van der Waals surface area contributed by atoms with Crippen molar-refractivity contribution in [3.05, 3.63) is 0 Å². The molecule has 1 N–H and O–H groups in total. The van der Waals surface area contributed by atoms with Gasteiger partial charge in [-0.05, 0) is 0 Å². The van der Waals surface area contributed by atoms with E-state index in [0.29, 0.717) is 0 Å². The van der Waals surface area contributed by atoms with Crippen LogP contribution >= 0.6 is 8.60 Å². The SMILES string of the molecule is OC=[SeH]S[SeH]. The van der Waals surface area contributed by atoms with Crippen LogP contribution in [0.3, 0.4) is 0 Å². The summed E-state index contributed by atoms with van der Waals surface area (Å²) in [5.41, 5.74) is 0. The second kappa shape index (κ2) is 5.22. The second-order valence-electron chi connectivity index (χ2n) is 0.303. The first-order valence-electron chi connectivity index (χ1n) is 0.882. The van der Waals surface area contributed by atoms with Crippen LogP contribution in [-0.4, -0.2) is 38.5 Å². The Morgan fingerprint density at radius 3 is 2.60 bits per heavy atom. The zero-order valence-electron chi connectivity index (χ0n) is 2.33. The summed E-state index contributed by atoms with van der Waals surface area (Å²) in [5.74, 6) is 0. The van der Waals surface area contributed by atoms with Gasteiger partial charge in [0.05, 0.1) is 0 Å². The summed E-state index contributed by atoms with van der Waals surface area (Å²) in [6.45, 7) is 0. The quantitative estimate of drug-likeness (QED) is 0.575. The van der Waals surface area contributed by atoms with Crippen LogP contribution in [0.2, 0.25) is 0 Å². The van der Waals surface area contributed by atoms with Crippen molar-refractivity contribution in [3.8, 4) is 0 Å². The van der Waals surface area contributed by atoms with Gasteiger partial charge < -0.3 is 0 Å². The van der Waals surface area contributed by atoms with Crippen LogP contribution < -0.4 is 0 Å². The van der Waals surface area contributed by atoms with E-state index in [1.54, 1.807) is 8.60 Å². The number of rotatable bonds is 1. The fourth-order valence-electron chi connectivity index (χ4n) is 0.0211. The molecule has 4 heteroatoms. The molecule has 0 aliphatic carbocycles. The van der Waals surface area contributed by atoms with Gasteiger partial charge in [0.2, 0.25) is 0 Å². The van der Waals surface area contributed by atoms with Gasteiger partial charge in [-0.15, -0.1) is 0 Å². The topological polar surface area (TPSA) is 20.2 Å². The van der Waals surface area contributed by atoms with Crippen molar-refractivity contribution in [2.24, 2.45) is 0 Å². The molecular weight excluding hydrogens is 218 g/mol. The molecule has 0 saturated carbocycles. The molecule has 0 fully saturated rings. The summed E-state index contributed by atoms with van der Waals surface area (Å²) in [6, 6.07) is 0. The summed E-state index contributed by atoms with van der Waals surface area (Å²) in [7, 11) is 1.63. The third kappa shape index (κ3) is 5.22. The molecule has 0 aromatic rings. The van der Waals surface area contributed by atoms with Gasteiger partial charge >= 0.3 is 47.1 Å². The average Bonchev–Trinajstić information content (AvgIpc) is 1.41. The Morgan fingerprint density at radius 2 is 2.60 bits per heavy atom. The minimum absolute atomic E-state index is 0.0625. The molecule has 0 bridgehead atoms. The van der Waals surface area contributed by atoms with Gasteiger partial charge in [-0.2, -0.15) is 0 Å². The van der Waals surface area contributed by atoms with Gasteiger partial charge in [-0.25, -0.2) is 0 Å². The van der Waals surface area contributed by atoms with Crippen molar-refractivity contribution >= 4 is 42.0 Å². The molecule has 0 aliphatic heterocycles. The van der Waals surface area contributed by atoms with E-state index in [9.17, 15) is 0 Å². The van der Waals surface area contributed by atoms with Crippen LogP contribution in [0.1, 0.15) is 0 Å². The van der Waals surface area contributed by atoms with Crippen molar-refractivity contribution in [3.63, 3.8) is 0 Å². The third-order valence-electron chi connectivity index (χ3n) is 0.0943. The zero-order valence-corrected chi connectivity index (χ0v) is 6.90. The van der Waals surface area contributed by atoms with E-state index in [1.165, 1.54) is 5.11 Å². The predicted octanol–water partition coefficient (Wildman–Crippen LogP) is -0.981. The molecule has 0 heterocycles. The molecule has 0 rings (SSSR count). The van der Waals surface area contributed by atoms with Crippen LogP contribution in [0, 0.1) is 0 Å². The third-order valence-corrected chi connectivity index (χ3v) is 4.55. The van der Waals surface area contributed by atoms with Gasteiger partial charge in [0.15, 0.2) is 0 Å². The Morgan fingerprint density at radius 1 is 2.00 bits per heavy atom. The summed E-state index contributed by atoms with van der Waals surface area (Å²) in [6.07, 6.45) is 0. The normalized spacial score (nSPS) is 11.6. The molecular formula is CH4OSSe2. The van der Waals surface area contributed by atoms with Crippen LogP contribution in [0.25, 0.3) is 0 Å². The first-order chi connectivity index (χ1) is 2.41. The molecule has 5 heavy (non-hydrogen) atoms. The van der Waals surface area contributed by atoms with Gasteiger partial charge in [-0.1, -0.05) is 0 Å². The second-order valence-corrected chi connectivity index (χ2v) is 8.86. The Bertz CT molecular complexity index is 36.6. The maximum atomic E-state index is 7.95. The van der Waals surface area contributed by atoms with Crippen LogP contribution in [0.5, 0.6) is 0 Å². The number of aliphatic hydroxyl groups excluding tert-OH is 1. The molecule has 0 saturated heterocycles.